The van der Waals surface area contributed by atoms with E-state index >= 15 is 0 Å². The topological polar surface area (TPSA) is 98.7 Å². The minimum atomic E-state index is -0.607. The van der Waals surface area contributed by atoms with E-state index in [-0.39, 0.29) is 21.7 Å². The number of phenolic OH excluding ortho intramolecular Hbond substituents is 2. The van der Waals surface area contributed by atoms with Crippen LogP contribution in [0.15, 0.2) is 20.7 Å². The quantitative estimate of drug-likeness (QED) is 0.340. The molecular weight excluding hydrogens is 372 g/mol. The van der Waals surface area contributed by atoms with Gasteiger partial charge in [0.1, 0.15) is 5.70 Å². The number of aromatic hydroxyl groups is 2. The number of urea groups is 1. The molecule has 0 unspecified atom stereocenters. The van der Waals surface area contributed by atoms with Gasteiger partial charge in [-0.15, -0.1) is 0 Å². The third kappa shape index (κ3) is 2.21. The van der Waals surface area contributed by atoms with Crippen molar-refractivity contribution in [1.29, 1.82) is 0 Å². The Hall–Kier alpha value is -1.54. The van der Waals surface area contributed by atoms with E-state index in [0.29, 0.717) is 10.0 Å². The molecule has 1 fully saturated rings. The molecule has 2 rings (SSSR count). The Balaban J connectivity index is 2.50. The summed E-state index contributed by atoms with van der Waals surface area (Å²) in [6.07, 6.45) is 1.37. The first-order valence-electron chi connectivity index (χ1n) is 4.64. The lowest BCUT2D eigenvalue weighted by Crippen LogP contribution is -2.22. The lowest BCUT2D eigenvalue weighted by atomic mass is 10.1. The van der Waals surface area contributed by atoms with Crippen LogP contribution in [0.1, 0.15) is 5.56 Å². The first-order valence-corrected chi connectivity index (χ1v) is 6.22. The molecule has 0 saturated carbocycles. The second-order valence-electron chi connectivity index (χ2n) is 3.43. The number of phenols is 2. The van der Waals surface area contributed by atoms with Gasteiger partial charge in [0.25, 0.3) is 5.91 Å². The smallest absolute Gasteiger partial charge is 0.326 e. The van der Waals surface area contributed by atoms with Gasteiger partial charge in [-0.2, -0.15) is 0 Å². The lowest BCUT2D eigenvalue weighted by molar-refractivity contribution is -0.115. The standard InChI is InChI=1S/C10H6Br2N2O4/c11-6-3(2-5(15)8(16)7(6)12)1-4-9(17)14-10(18)13-4/h1-2,15-16H,(H2,13,14,17,18)/b4-1+. The van der Waals surface area contributed by atoms with Gasteiger partial charge in [0.05, 0.1) is 4.47 Å². The van der Waals surface area contributed by atoms with Crippen molar-refractivity contribution in [2.75, 3.05) is 0 Å². The minimum Gasteiger partial charge on any atom is -0.504 e. The summed E-state index contributed by atoms with van der Waals surface area (Å²) in [6, 6.07) is 0.652. The summed E-state index contributed by atoms with van der Waals surface area (Å²) in [5, 5.41) is 23.3. The molecule has 1 aromatic carbocycles. The van der Waals surface area contributed by atoms with E-state index in [1.165, 1.54) is 12.1 Å². The molecule has 0 radical (unpaired) electrons. The van der Waals surface area contributed by atoms with Crippen molar-refractivity contribution in [1.82, 2.24) is 10.6 Å². The van der Waals surface area contributed by atoms with Crippen LogP contribution in [0.5, 0.6) is 11.5 Å². The van der Waals surface area contributed by atoms with Gasteiger partial charge >= 0.3 is 6.03 Å². The molecule has 6 nitrogen and oxygen atoms in total. The summed E-state index contributed by atoms with van der Waals surface area (Å²) < 4.78 is 0.693. The van der Waals surface area contributed by atoms with Gasteiger partial charge in [-0.05, 0) is 49.6 Å². The molecule has 94 valence electrons. The van der Waals surface area contributed by atoms with Gasteiger partial charge in [0, 0.05) is 4.47 Å². The highest BCUT2D eigenvalue weighted by molar-refractivity contribution is 9.13. The number of rotatable bonds is 1. The zero-order valence-corrected chi connectivity index (χ0v) is 11.8. The van der Waals surface area contributed by atoms with Crippen LogP contribution in [-0.4, -0.2) is 22.2 Å². The highest BCUT2D eigenvalue weighted by Crippen LogP contribution is 2.41. The summed E-state index contributed by atoms with van der Waals surface area (Å²) in [5.41, 5.74) is 0.474. The Morgan fingerprint density at radius 2 is 1.78 bits per heavy atom. The highest BCUT2D eigenvalue weighted by atomic mass is 79.9. The van der Waals surface area contributed by atoms with Crippen LogP contribution in [-0.2, 0) is 4.79 Å². The van der Waals surface area contributed by atoms with Crippen molar-refractivity contribution in [3.63, 3.8) is 0 Å². The second-order valence-corrected chi connectivity index (χ2v) is 5.01. The number of carbonyl (C=O) groups excluding carboxylic acids is 2. The summed E-state index contributed by atoms with van der Waals surface area (Å²) in [7, 11) is 0. The van der Waals surface area contributed by atoms with E-state index < -0.39 is 11.9 Å². The Morgan fingerprint density at radius 1 is 1.11 bits per heavy atom. The monoisotopic (exact) mass is 376 g/mol. The maximum Gasteiger partial charge on any atom is 0.326 e. The predicted octanol–water partition coefficient (Wildman–Crippen LogP) is 1.80. The summed E-state index contributed by atoms with van der Waals surface area (Å²) >= 11 is 6.28. The maximum atomic E-state index is 11.3. The Morgan fingerprint density at radius 3 is 2.33 bits per heavy atom. The molecule has 8 heteroatoms. The fraction of sp³-hybridized carbons (Fsp3) is 0. The van der Waals surface area contributed by atoms with Crippen LogP contribution in [0.4, 0.5) is 4.79 Å². The van der Waals surface area contributed by atoms with E-state index in [0.717, 1.165) is 0 Å². The van der Waals surface area contributed by atoms with Crippen LogP contribution >= 0.6 is 31.9 Å². The van der Waals surface area contributed by atoms with Gasteiger partial charge in [-0.1, -0.05) is 0 Å². The summed E-state index contributed by atoms with van der Waals surface area (Å²) in [6.45, 7) is 0. The molecular formula is C10H6Br2N2O4. The van der Waals surface area contributed by atoms with Crippen molar-refractivity contribution in [3.8, 4) is 11.5 Å². The Kier molecular flexibility index (Phi) is 3.31. The average molecular weight is 378 g/mol. The first-order chi connectivity index (χ1) is 8.40. The van der Waals surface area contributed by atoms with E-state index in [9.17, 15) is 19.8 Å². The van der Waals surface area contributed by atoms with Crippen LogP contribution < -0.4 is 10.6 Å². The van der Waals surface area contributed by atoms with Crippen LogP contribution in [0.25, 0.3) is 6.08 Å². The number of imide groups is 1. The molecule has 1 heterocycles. The molecule has 0 aromatic heterocycles. The first kappa shape index (κ1) is 12.9. The lowest BCUT2D eigenvalue weighted by Gasteiger charge is -2.07. The minimum absolute atomic E-state index is 0.0534. The zero-order chi connectivity index (χ0) is 13.4. The fourth-order valence-corrected chi connectivity index (χ4v) is 2.21. The van der Waals surface area contributed by atoms with Gasteiger partial charge in [-0.25, -0.2) is 4.79 Å². The molecule has 1 aromatic rings. The number of nitrogens with one attached hydrogen (secondary N) is 2. The third-order valence-electron chi connectivity index (χ3n) is 2.21. The average Bonchev–Trinajstić information content (AvgIpc) is 2.62. The molecule has 1 aliphatic rings. The van der Waals surface area contributed by atoms with Gasteiger partial charge in [-0.3, -0.25) is 10.1 Å². The largest absolute Gasteiger partial charge is 0.504 e. The van der Waals surface area contributed by atoms with Crippen LogP contribution in [0.2, 0.25) is 0 Å². The van der Waals surface area contributed by atoms with E-state index in [1.54, 1.807) is 0 Å². The number of hydrogen-bond acceptors (Lipinski definition) is 4. The van der Waals surface area contributed by atoms with E-state index in [2.05, 4.69) is 42.5 Å². The normalized spacial score (nSPS) is 16.9. The maximum absolute atomic E-state index is 11.3. The number of benzene rings is 1. The van der Waals surface area contributed by atoms with Crippen molar-refractivity contribution in [2.45, 2.75) is 0 Å². The van der Waals surface area contributed by atoms with Crippen molar-refractivity contribution in [3.05, 3.63) is 26.3 Å². The van der Waals surface area contributed by atoms with Gasteiger partial charge in [0.2, 0.25) is 0 Å². The second kappa shape index (κ2) is 4.62. The molecule has 18 heavy (non-hydrogen) atoms. The van der Waals surface area contributed by atoms with Crippen LogP contribution in [0.3, 0.4) is 0 Å². The highest BCUT2D eigenvalue weighted by Gasteiger charge is 2.23. The molecule has 3 amide bonds. The fourth-order valence-electron chi connectivity index (χ4n) is 1.37. The number of hydrogen-bond donors (Lipinski definition) is 4. The van der Waals surface area contributed by atoms with Crippen molar-refractivity contribution in [2.24, 2.45) is 0 Å². The Labute approximate surface area is 118 Å². The molecule has 0 aliphatic carbocycles. The van der Waals surface area contributed by atoms with Crippen molar-refractivity contribution < 1.29 is 19.8 Å². The molecule has 0 atom stereocenters. The van der Waals surface area contributed by atoms with E-state index in [1.807, 2.05) is 0 Å². The molecule has 0 spiro atoms. The predicted molar refractivity (Wildman–Crippen MR) is 69.8 cm³/mol. The van der Waals surface area contributed by atoms with Crippen LogP contribution in [0, 0.1) is 0 Å². The summed E-state index contributed by atoms with van der Waals surface area (Å²) in [4.78, 5) is 22.3. The molecule has 1 saturated heterocycles. The Bertz CT molecular complexity index is 598. The molecule has 1 aliphatic heterocycles. The van der Waals surface area contributed by atoms with Gasteiger partial charge < -0.3 is 15.5 Å². The van der Waals surface area contributed by atoms with Crippen molar-refractivity contribution >= 4 is 49.9 Å². The molecule has 4 N–H and O–H groups in total. The number of halogens is 2. The summed E-state index contributed by atoms with van der Waals surface area (Å²) in [5.74, 6) is -1.22. The molecule has 0 bridgehead atoms. The number of carbonyl (C=O) groups is 2. The third-order valence-corrected chi connectivity index (χ3v) is 4.37. The zero-order valence-electron chi connectivity index (χ0n) is 8.62. The van der Waals surface area contributed by atoms with Gasteiger partial charge in [0.15, 0.2) is 11.5 Å². The number of amides is 3. The SMILES string of the molecule is O=C1NC(=O)/C(=C\c2cc(O)c(O)c(Br)c2Br)N1. The van der Waals surface area contributed by atoms with E-state index in [4.69, 9.17) is 0 Å².